The van der Waals surface area contributed by atoms with Crippen molar-refractivity contribution in [3.8, 4) is 5.75 Å². The molecule has 0 bridgehead atoms. The molecule has 1 aromatic rings. The molecule has 2 rings (SSSR count). The molecule has 0 aliphatic heterocycles. The van der Waals surface area contributed by atoms with Crippen molar-refractivity contribution in [3.63, 3.8) is 0 Å². The van der Waals surface area contributed by atoms with Gasteiger partial charge in [0.15, 0.2) is 0 Å². The number of hydrogen-bond donors (Lipinski definition) is 2. The van der Waals surface area contributed by atoms with Crippen LogP contribution in [-0.4, -0.2) is 53.7 Å². The Bertz CT molecular complexity index is 630. The Hall–Kier alpha value is -2.29. The SMILES string of the molecule is CC(C(=O)O)N(CC(=O)NCCOc1ccc(C(F)(F)F)cc1)C1CC1. The van der Waals surface area contributed by atoms with Crippen molar-refractivity contribution < 1.29 is 32.6 Å². The fourth-order valence-electron chi connectivity index (χ4n) is 2.45. The Morgan fingerprint density at radius 1 is 1.31 bits per heavy atom. The number of carbonyl (C=O) groups is 2. The fourth-order valence-corrected chi connectivity index (χ4v) is 2.45. The monoisotopic (exact) mass is 374 g/mol. The van der Waals surface area contributed by atoms with Crippen molar-refractivity contribution in [2.75, 3.05) is 19.7 Å². The van der Waals surface area contributed by atoms with Crippen LogP contribution < -0.4 is 10.1 Å². The van der Waals surface area contributed by atoms with Crippen LogP contribution in [0.5, 0.6) is 5.75 Å². The maximum absolute atomic E-state index is 12.5. The molecule has 9 heteroatoms. The minimum atomic E-state index is -4.40. The van der Waals surface area contributed by atoms with E-state index in [0.29, 0.717) is 0 Å². The Morgan fingerprint density at radius 2 is 1.92 bits per heavy atom. The number of amides is 1. The van der Waals surface area contributed by atoms with Crippen LogP contribution in [0, 0.1) is 0 Å². The zero-order valence-electron chi connectivity index (χ0n) is 14.3. The molecule has 26 heavy (non-hydrogen) atoms. The molecular weight excluding hydrogens is 353 g/mol. The highest BCUT2D eigenvalue weighted by Gasteiger charge is 2.36. The summed E-state index contributed by atoms with van der Waals surface area (Å²) in [5.41, 5.74) is -0.758. The summed E-state index contributed by atoms with van der Waals surface area (Å²) in [5.74, 6) is -1.03. The lowest BCUT2D eigenvalue weighted by molar-refractivity contribution is -0.143. The summed E-state index contributed by atoms with van der Waals surface area (Å²) in [5, 5.41) is 11.7. The normalized spacial score (nSPS) is 15.6. The lowest BCUT2D eigenvalue weighted by Crippen LogP contribution is -2.46. The Kier molecular flexibility index (Phi) is 6.47. The van der Waals surface area contributed by atoms with E-state index in [1.807, 2.05) is 0 Å². The molecule has 2 N–H and O–H groups in total. The van der Waals surface area contributed by atoms with E-state index in [1.165, 1.54) is 12.1 Å². The van der Waals surface area contributed by atoms with Crippen molar-refractivity contribution >= 4 is 11.9 Å². The summed E-state index contributed by atoms with van der Waals surface area (Å²) in [6.07, 6.45) is -2.64. The van der Waals surface area contributed by atoms with Crippen LogP contribution in [0.25, 0.3) is 0 Å². The number of aliphatic carboxylic acids is 1. The largest absolute Gasteiger partial charge is 0.492 e. The van der Waals surface area contributed by atoms with Gasteiger partial charge in [0.2, 0.25) is 5.91 Å². The van der Waals surface area contributed by atoms with Crippen molar-refractivity contribution in [3.05, 3.63) is 29.8 Å². The molecule has 1 fully saturated rings. The van der Waals surface area contributed by atoms with Crippen molar-refractivity contribution in [1.82, 2.24) is 10.2 Å². The second-order valence-electron chi connectivity index (χ2n) is 6.14. The first-order valence-electron chi connectivity index (χ1n) is 8.24. The number of carbonyl (C=O) groups excluding carboxylic acids is 1. The van der Waals surface area contributed by atoms with Crippen LogP contribution in [0.4, 0.5) is 13.2 Å². The van der Waals surface area contributed by atoms with Crippen LogP contribution in [0.3, 0.4) is 0 Å². The third-order valence-corrected chi connectivity index (χ3v) is 4.07. The minimum absolute atomic E-state index is 0.0155. The second kappa shape index (κ2) is 8.39. The molecule has 0 heterocycles. The first kappa shape index (κ1) is 20.0. The first-order chi connectivity index (χ1) is 12.2. The van der Waals surface area contributed by atoms with Gasteiger partial charge in [-0.1, -0.05) is 0 Å². The number of carboxylic acid groups (broad SMARTS) is 1. The summed E-state index contributed by atoms with van der Waals surface area (Å²) in [6, 6.07) is 3.66. The predicted octanol–water partition coefficient (Wildman–Crippen LogP) is 2.14. The van der Waals surface area contributed by atoms with Gasteiger partial charge in [0.05, 0.1) is 18.7 Å². The number of nitrogens with one attached hydrogen (secondary N) is 1. The molecule has 0 saturated heterocycles. The summed E-state index contributed by atoms with van der Waals surface area (Å²) >= 11 is 0. The number of benzene rings is 1. The van der Waals surface area contributed by atoms with Crippen LogP contribution in [0.15, 0.2) is 24.3 Å². The zero-order valence-corrected chi connectivity index (χ0v) is 14.3. The van der Waals surface area contributed by atoms with Gasteiger partial charge >= 0.3 is 12.1 Å². The Labute approximate surface area is 148 Å². The van der Waals surface area contributed by atoms with E-state index in [0.717, 1.165) is 25.0 Å². The highest BCUT2D eigenvalue weighted by atomic mass is 19.4. The van der Waals surface area contributed by atoms with Gasteiger partial charge < -0.3 is 15.2 Å². The highest BCUT2D eigenvalue weighted by Crippen LogP contribution is 2.30. The van der Waals surface area contributed by atoms with E-state index in [1.54, 1.807) is 11.8 Å². The molecule has 0 radical (unpaired) electrons. The summed E-state index contributed by atoms with van der Waals surface area (Å²) in [4.78, 5) is 24.7. The van der Waals surface area contributed by atoms with Gasteiger partial charge in [-0.05, 0) is 44.0 Å². The van der Waals surface area contributed by atoms with Gasteiger partial charge in [-0.2, -0.15) is 13.2 Å². The molecule has 1 aliphatic carbocycles. The summed E-state index contributed by atoms with van der Waals surface area (Å²) < 4.78 is 42.7. The number of ether oxygens (including phenoxy) is 1. The van der Waals surface area contributed by atoms with E-state index in [4.69, 9.17) is 9.84 Å². The number of halogens is 3. The molecule has 1 aliphatic rings. The average molecular weight is 374 g/mol. The molecule has 1 atom stereocenters. The molecule has 1 unspecified atom stereocenters. The van der Waals surface area contributed by atoms with Gasteiger partial charge in [0, 0.05) is 6.04 Å². The molecule has 0 aromatic heterocycles. The molecule has 1 amide bonds. The molecular formula is C17H21F3N2O4. The molecule has 0 spiro atoms. The van der Waals surface area contributed by atoms with Crippen molar-refractivity contribution in [2.24, 2.45) is 0 Å². The van der Waals surface area contributed by atoms with Gasteiger partial charge in [-0.15, -0.1) is 0 Å². The second-order valence-corrected chi connectivity index (χ2v) is 6.14. The molecule has 1 aromatic carbocycles. The van der Waals surface area contributed by atoms with Gasteiger partial charge in [0.1, 0.15) is 18.4 Å². The van der Waals surface area contributed by atoms with E-state index >= 15 is 0 Å². The number of hydrogen-bond acceptors (Lipinski definition) is 4. The lowest BCUT2D eigenvalue weighted by Gasteiger charge is -2.25. The topological polar surface area (TPSA) is 78.9 Å². The van der Waals surface area contributed by atoms with Crippen molar-refractivity contribution in [2.45, 2.75) is 38.0 Å². The number of carboxylic acids is 1. The van der Waals surface area contributed by atoms with Gasteiger partial charge in [0.25, 0.3) is 0 Å². The Morgan fingerprint density at radius 3 is 2.42 bits per heavy atom. The molecule has 1 saturated carbocycles. The molecule has 144 valence electrons. The third kappa shape index (κ3) is 5.91. The van der Waals surface area contributed by atoms with E-state index in [-0.39, 0.29) is 37.4 Å². The van der Waals surface area contributed by atoms with E-state index in [2.05, 4.69) is 5.32 Å². The van der Waals surface area contributed by atoms with E-state index in [9.17, 15) is 22.8 Å². The fraction of sp³-hybridized carbons (Fsp3) is 0.529. The highest BCUT2D eigenvalue weighted by molar-refractivity contribution is 5.80. The number of alkyl halides is 3. The standard InChI is InChI=1S/C17H21F3N2O4/c1-11(16(24)25)22(13-4-5-13)10-15(23)21-8-9-26-14-6-2-12(3-7-14)17(18,19)20/h2-3,6-7,11,13H,4-5,8-10H2,1H3,(H,21,23)(H,24,25). The maximum atomic E-state index is 12.5. The number of nitrogens with zero attached hydrogens (tertiary/aromatic N) is 1. The van der Waals surface area contributed by atoms with E-state index < -0.39 is 23.8 Å². The lowest BCUT2D eigenvalue weighted by atomic mass is 10.2. The minimum Gasteiger partial charge on any atom is -0.492 e. The van der Waals surface area contributed by atoms with Gasteiger partial charge in [-0.3, -0.25) is 14.5 Å². The third-order valence-electron chi connectivity index (χ3n) is 4.07. The predicted molar refractivity (Wildman–Crippen MR) is 86.8 cm³/mol. The smallest absolute Gasteiger partial charge is 0.416 e. The van der Waals surface area contributed by atoms with Crippen LogP contribution in [0.2, 0.25) is 0 Å². The zero-order chi connectivity index (χ0) is 19.3. The van der Waals surface area contributed by atoms with Crippen LogP contribution in [0.1, 0.15) is 25.3 Å². The maximum Gasteiger partial charge on any atom is 0.416 e. The Balaban J connectivity index is 1.72. The quantitative estimate of drug-likeness (QED) is 0.648. The first-order valence-corrected chi connectivity index (χ1v) is 8.24. The van der Waals surface area contributed by atoms with Crippen molar-refractivity contribution in [1.29, 1.82) is 0 Å². The van der Waals surface area contributed by atoms with Crippen LogP contribution >= 0.6 is 0 Å². The van der Waals surface area contributed by atoms with Crippen LogP contribution in [-0.2, 0) is 15.8 Å². The summed E-state index contributed by atoms with van der Waals surface area (Å²) in [6.45, 7) is 1.79. The molecule has 6 nitrogen and oxygen atoms in total. The number of rotatable bonds is 9. The van der Waals surface area contributed by atoms with Gasteiger partial charge in [-0.25, -0.2) is 0 Å². The summed E-state index contributed by atoms with van der Waals surface area (Å²) in [7, 11) is 0. The average Bonchev–Trinajstić information content (AvgIpc) is 3.40.